The second kappa shape index (κ2) is 84.9. The first-order chi connectivity index (χ1) is 49.0. The van der Waals surface area contributed by atoms with Crippen LogP contribution in [0, 0.1) is 0 Å². The zero-order chi connectivity index (χ0) is 87.9. The summed E-state index contributed by atoms with van der Waals surface area (Å²) < 4.78 is 282. The van der Waals surface area contributed by atoms with Gasteiger partial charge >= 0.3 is 248 Å². The summed E-state index contributed by atoms with van der Waals surface area (Å²) in [5.41, 5.74) is 0. The van der Waals surface area contributed by atoms with E-state index in [2.05, 4.69) is 111 Å². The molecule has 0 aromatic rings. The molecule has 0 radical (unpaired) electrons. The molecule has 0 saturated heterocycles. The molecule has 0 amide bonds. The van der Waals surface area contributed by atoms with Crippen molar-refractivity contribution in [3.8, 4) is 0 Å². The van der Waals surface area contributed by atoms with Crippen molar-refractivity contribution in [1.29, 1.82) is 0 Å². The predicted octanol–water partition coefficient (Wildman–Crippen LogP) is -0.930. The van der Waals surface area contributed by atoms with Gasteiger partial charge in [-0.1, -0.05) is 214 Å². The average molecular weight is 2250 g/mol. The average Bonchev–Trinajstić information content (AvgIpc) is 0.896. The van der Waals surface area contributed by atoms with E-state index >= 15 is 0 Å². The van der Waals surface area contributed by atoms with Crippen LogP contribution in [0.3, 0.4) is 0 Å². The molecule has 108 heavy (non-hydrogen) atoms. The molecule has 0 aromatic carbocycles. The van der Waals surface area contributed by atoms with Gasteiger partial charge in [-0.05, 0) is 103 Å². The van der Waals surface area contributed by atoms with Crippen LogP contribution in [0.2, 0.25) is 0 Å². The molecule has 0 saturated carbocycles. The Labute approximate surface area is 680 Å². The van der Waals surface area contributed by atoms with Crippen molar-refractivity contribution >= 4 is 0 Å². The van der Waals surface area contributed by atoms with Crippen LogP contribution in [0.5, 0.6) is 0 Å². The summed E-state index contributed by atoms with van der Waals surface area (Å²) in [5.74, 6) is 0. The van der Waals surface area contributed by atoms with Crippen LogP contribution in [0.4, 0.5) is 0 Å². The summed E-state index contributed by atoms with van der Waals surface area (Å²) in [6, 6.07) is 0. The Bertz CT molecular complexity index is 2130. The van der Waals surface area contributed by atoms with Crippen molar-refractivity contribution in [3.63, 3.8) is 0 Å². The van der Waals surface area contributed by atoms with Gasteiger partial charge in [-0.25, -0.2) is 0 Å². The van der Waals surface area contributed by atoms with E-state index in [1.807, 2.05) is 0 Å². The van der Waals surface area contributed by atoms with Crippen LogP contribution in [-0.2, 0) is 188 Å². The van der Waals surface area contributed by atoms with Crippen molar-refractivity contribution in [2.24, 2.45) is 0 Å². The van der Waals surface area contributed by atoms with Crippen molar-refractivity contribution in [2.45, 2.75) is 316 Å². The number of hydrogen-bond donors (Lipinski definition) is 0. The van der Waals surface area contributed by atoms with E-state index in [0.29, 0.717) is 0 Å². The molecule has 44 heteroatoms. The van der Waals surface area contributed by atoms with Crippen LogP contribution in [0.25, 0.3) is 0 Å². The van der Waals surface area contributed by atoms with Gasteiger partial charge in [-0.3, -0.25) is 0 Å². The minimum absolute atomic E-state index is 1.35. The van der Waals surface area contributed by atoms with Gasteiger partial charge in [-0.2, -0.15) is 0 Å². The van der Waals surface area contributed by atoms with Gasteiger partial charge in [0.2, 0.25) is 0 Å². The summed E-state index contributed by atoms with van der Waals surface area (Å²) in [6.07, 6.45) is 44.2. The van der Waals surface area contributed by atoms with Crippen LogP contribution in [-0.4, -0.2) is 123 Å². The van der Waals surface area contributed by atoms with Gasteiger partial charge in [0.05, 0.1) is 105 Å². The third kappa shape index (κ3) is 184. The molecule has 0 aliphatic heterocycles. The molecule has 0 heterocycles. The number of unbranched alkanes of at least 4 members (excludes halogenated alkanes) is 16. The van der Waals surface area contributed by atoms with Gasteiger partial charge in [0.1, 0.15) is 0 Å². The number of rotatable bonds is 48. The summed E-state index contributed by atoms with van der Waals surface area (Å²) in [5, 5.41) is 0. The molecule has 0 aliphatic carbocycles. The monoisotopic (exact) mass is 2260 g/mol. The standard InChI is InChI=1S/4C16H36N.8Mo.32O/c4*1-5-9-13-17(14-10-6-2,15-11-7-3)16-12-8-4;;;;;;;;;;;;;;;;;;;;;;;;;;;;;;;;;;;;;;;;/h4*5-16H2,1-4H3;;;;;;;;;;;;;;;;;;;;;;;;;;;;;;;;;;;;;;;;/q4*+1;;;;;;;;;;;;;;;;;;;;;;;;;16*-1. The molecule has 0 N–H and O–H groups in total. The van der Waals surface area contributed by atoms with E-state index in [1.54, 1.807) is 0 Å². The predicted molar refractivity (Wildman–Crippen MR) is 328 cm³/mol. The van der Waals surface area contributed by atoms with E-state index in [4.69, 9.17) is 115 Å². The topological polar surface area (TPSA) is 642 Å². The molecule has 36 nitrogen and oxygen atoms in total. The van der Waals surface area contributed by atoms with E-state index in [9.17, 15) is 0 Å². The van der Waals surface area contributed by atoms with Gasteiger partial charge in [0.15, 0.2) is 0 Å². The molecular formula is C64H144Mo8N4O32-12. The van der Waals surface area contributed by atoms with Crippen molar-refractivity contribution in [1.82, 2.24) is 0 Å². The van der Waals surface area contributed by atoms with Crippen molar-refractivity contribution in [2.75, 3.05) is 105 Å². The number of hydrogen-bond acceptors (Lipinski definition) is 32. The molecule has 0 aliphatic rings. The van der Waals surface area contributed by atoms with Gasteiger partial charge in [0.25, 0.3) is 0 Å². The maximum absolute atomic E-state index is 8.63. The zero-order valence-corrected chi connectivity index (χ0v) is 84.1. The molecule has 0 aromatic heterocycles. The minimum atomic E-state index is -6.02. The maximum atomic E-state index is 8.63. The molecule has 0 atom stereocenters. The Balaban J connectivity index is -0.0000000973. The Hall–Kier alpha value is 1.51. The number of nitrogens with zero attached hydrogens (tertiary/aromatic N) is 4. The van der Waals surface area contributed by atoms with Crippen molar-refractivity contribution < 1.29 is 266 Å². The van der Waals surface area contributed by atoms with Gasteiger partial charge in [0, 0.05) is 0 Å². The molecule has 0 bridgehead atoms. The summed E-state index contributed by atoms with van der Waals surface area (Å²) in [7, 11) is 0. The molecule has 0 unspecified atom stereocenters. The summed E-state index contributed by atoms with van der Waals surface area (Å²) >= 11 is -48.2. The van der Waals surface area contributed by atoms with E-state index in [-0.39, 0.29) is 0 Å². The quantitative estimate of drug-likeness (QED) is 0.0524. The fourth-order valence-electron chi connectivity index (χ4n) is 10.6. The molecule has 0 spiro atoms. The zero-order valence-electron chi connectivity index (χ0n) is 68.1. The molecule has 672 valence electrons. The van der Waals surface area contributed by atoms with Crippen LogP contribution in [0.1, 0.15) is 316 Å². The van der Waals surface area contributed by atoms with Crippen molar-refractivity contribution in [3.05, 3.63) is 0 Å². The van der Waals surface area contributed by atoms with Gasteiger partial charge in [-0.15, -0.1) is 0 Å². The molecule has 0 rings (SSSR count). The Morgan fingerprint density at radius 2 is 0.167 bits per heavy atom. The third-order valence-electron chi connectivity index (χ3n) is 15.8. The first-order valence-electron chi connectivity index (χ1n) is 37.7. The Morgan fingerprint density at radius 3 is 0.194 bits per heavy atom. The van der Waals surface area contributed by atoms with E-state index in [0.717, 1.165) is 0 Å². The second-order valence-corrected chi connectivity index (χ2v) is 41.9. The van der Waals surface area contributed by atoms with Gasteiger partial charge < -0.3 is 17.9 Å². The second-order valence-electron chi connectivity index (χ2n) is 25.9. The summed E-state index contributed by atoms with van der Waals surface area (Å²) in [6.45, 7) is 60.1. The van der Waals surface area contributed by atoms with E-state index in [1.165, 1.54) is 328 Å². The summed E-state index contributed by atoms with van der Waals surface area (Å²) in [4.78, 5) is 0. The van der Waals surface area contributed by atoms with Crippen LogP contribution >= 0.6 is 0 Å². The SMILES string of the molecule is CCCC[N+](CCCC)(CCCC)CCCC.CCCC[N+](CCCC)(CCCC)CCCC.CCCC[N+](CCCC)(CCCC)CCCC.CCCC[N+](CCCC)(CCCC)CCCC.[O]=[Mo](=[O])([O-])[O-].[O]=[Mo](=[O])([O-])[O-].[O]=[Mo](=[O])([O-])[O-].[O]=[Mo](=[O])([O-])[O-].[O]=[Mo](=[O])([O-])[O-].[O]=[Mo](=[O])([O-])[O-].[O]=[Mo](=[O])([O-])[O-].[O]=[Mo](=[O])([O-])[O-]. The molecular weight excluding hydrogens is 2100 g/mol. The van der Waals surface area contributed by atoms with E-state index < -0.39 is 134 Å². The number of quaternary nitrogens is 4. The normalized spacial score (nSPS) is 11.9. The van der Waals surface area contributed by atoms with Crippen LogP contribution in [0.15, 0.2) is 0 Å². The Morgan fingerprint density at radius 1 is 0.130 bits per heavy atom. The first-order valence-corrected chi connectivity index (χ1v) is 63.9. The fraction of sp³-hybridized carbons (Fsp3) is 1.00. The van der Waals surface area contributed by atoms with Crippen LogP contribution < -0.4 is 60.2 Å². The Kier molecular flexibility index (Phi) is 107. The third-order valence-corrected chi connectivity index (χ3v) is 15.8. The molecule has 0 fully saturated rings. The fourth-order valence-corrected chi connectivity index (χ4v) is 10.6. The first kappa shape index (κ1) is 136.